The topological polar surface area (TPSA) is 41.0 Å². The molecular formula is C10H15N3OS. The monoisotopic (exact) mass is 225 g/mol. The first-order valence-corrected chi connectivity index (χ1v) is 5.65. The first kappa shape index (κ1) is 10.4. The van der Waals surface area contributed by atoms with Crippen LogP contribution in [-0.2, 0) is 4.79 Å². The summed E-state index contributed by atoms with van der Waals surface area (Å²) in [6.07, 6.45) is 5.82. The molecule has 1 atom stereocenters. The minimum atomic E-state index is -0.193. The van der Waals surface area contributed by atoms with E-state index in [0.717, 1.165) is 25.9 Å². The van der Waals surface area contributed by atoms with Crippen LogP contribution in [0.15, 0.2) is 12.4 Å². The van der Waals surface area contributed by atoms with Crippen molar-refractivity contribution in [3.05, 3.63) is 17.2 Å². The van der Waals surface area contributed by atoms with Crippen LogP contribution in [0.4, 0.5) is 0 Å². The largest absolute Gasteiger partial charge is 0.341 e. The van der Waals surface area contributed by atoms with Gasteiger partial charge in [0, 0.05) is 25.5 Å². The average molecular weight is 225 g/mol. The van der Waals surface area contributed by atoms with Crippen LogP contribution in [0.1, 0.15) is 25.8 Å². The Hall–Kier alpha value is -1.10. The normalized spacial score (nSPS) is 18.1. The van der Waals surface area contributed by atoms with Gasteiger partial charge in [0.25, 0.3) is 0 Å². The molecule has 1 saturated heterocycles. The molecule has 15 heavy (non-hydrogen) atoms. The average Bonchev–Trinajstić information content (AvgIpc) is 2.85. The zero-order valence-electron chi connectivity index (χ0n) is 8.77. The second-order valence-electron chi connectivity index (χ2n) is 3.88. The number of hydrogen-bond acceptors (Lipinski definition) is 2. The molecule has 0 saturated carbocycles. The Labute approximate surface area is 93.9 Å². The lowest BCUT2D eigenvalue weighted by Crippen LogP contribution is -2.33. The van der Waals surface area contributed by atoms with Crippen molar-refractivity contribution in [3.63, 3.8) is 0 Å². The molecule has 1 aliphatic heterocycles. The minimum absolute atomic E-state index is 0.170. The van der Waals surface area contributed by atoms with Crippen molar-refractivity contribution >= 4 is 18.1 Å². The smallest absolute Gasteiger partial charge is 0.245 e. The number of nitrogens with one attached hydrogen (secondary N) is 1. The first-order chi connectivity index (χ1) is 7.20. The molecule has 1 aromatic rings. The van der Waals surface area contributed by atoms with Gasteiger partial charge < -0.3 is 14.5 Å². The highest BCUT2D eigenvalue weighted by Gasteiger charge is 2.24. The summed E-state index contributed by atoms with van der Waals surface area (Å²) >= 11 is 5.09. The molecule has 4 nitrogen and oxygen atoms in total. The van der Waals surface area contributed by atoms with Crippen LogP contribution < -0.4 is 0 Å². The third-order valence-electron chi connectivity index (χ3n) is 2.87. The molecule has 5 heteroatoms. The maximum Gasteiger partial charge on any atom is 0.245 e. The third-order valence-corrected chi connectivity index (χ3v) is 3.20. The Morgan fingerprint density at radius 1 is 1.53 bits per heavy atom. The molecular weight excluding hydrogens is 210 g/mol. The molecule has 2 rings (SSSR count). The van der Waals surface area contributed by atoms with Crippen LogP contribution in [0.5, 0.6) is 0 Å². The van der Waals surface area contributed by atoms with E-state index in [1.807, 2.05) is 18.0 Å². The van der Waals surface area contributed by atoms with Gasteiger partial charge in [0.2, 0.25) is 5.91 Å². The molecule has 0 spiro atoms. The van der Waals surface area contributed by atoms with Crippen molar-refractivity contribution in [1.29, 1.82) is 0 Å². The second kappa shape index (κ2) is 4.18. The number of aromatic nitrogens is 2. The summed E-state index contributed by atoms with van der Waals surface area (Å²) in [5, 5.41) is 0. The van der Waals surface area contributed by atoms with E-state index in [4.69, 9.17) is 12.2 Å². The lowest BCUT2D eigenvalue weighted by Gasteiger charge is -2.20. The summed E-state index contributed by atoms with van der Waals surface area (Å²) in [7, 11) is 0. The maximum atomic E-state index is 12.0. The van der Waals surface area contributed by atoms with Gasteiger partial charge in [-0.25, -0.2) is 0 Å². The summed E-state index contributed by atoms with van der Waals surface area (Å²) in [6.45, 7) is 3.67. The van der Waals surface area contributed by atoms with Crippen LogP contribution in [0, 0.1) is 4.77 Å². The number of nitrogens with zero attached hydrogens (tertiary/aromatic N) is 2. The fraction of sp³-hybridized carbons (Fsp3) is 0.600. The lowest BCUT2D eigenvalue weighted by atomic mass is 10.3. The van der Waals surface area contributed by atoms with Gasteiger partial charge in [0.15, 0.2) is 4.77 Å². The van der Waals surface area contributed by atoms with Gasteiger partial charge in [-0.3, -0.25) is 4.79 Å². The van der Waals surface area contributed by atoms with Crippen LogP contribution in [0.2, 0.25) is 0 Å². The Morgan fingerprint density at radius 2 is 2.20 bits per heavy atom. The molecule has 1 amide bonds. The quantitative estimate of drug-likeness (QED) is 0.779. The van der Waals surface area contributed by atoms with E-state index < -0.39 is 0 Å². The van der Waals surface area contributed by atoms with E-state index in [9.17, 15) is 4.79 Å². The van der Waals surface area contributed by atoms with Gasteiger partial charge in [-0.2, -0.15) is 0 Å². The molecule has 0 aromatic carbocycles. The fourth-order valence-corrected chi connectivity index (χ4v) is 2.24. The summed E-state index contributed by atoms with van der Waals surface area (Å²) in [5.41, 5.74) is 0. The number of aromatic amines is 1. The number of H-pyrrole nitrogens is 1. The van der Waals surface area contributed by atoms with Crippen molar-refractivity contribution in [1.82, 2.24) is 14.5 Å². The van der Waals surface area contributed by atoms with E-state index in [-0.39, 0.29) is 11.9 Å². The predicted octanol–water partition coefficient (Wildman–Crippen LogP) is 1.73. The Kier molecular flexibility index (Phi) is 2.90. The van der Waals surface area contributed by atoms with Gasteiger partial charge in [0.05, 0.1) is 0 Å². The van der Waals surface area contributed by atoms with Gasteiger partial charge >= 0.3 is 0 Å². The van der Waals surface area contributed by atoms with E-state index >= 15 is 0 Å². The number of rotatable bonds is 2. The van der Waals surface area contributed by atoms with Crippen molar-refractivity contribution in [2.24, 2.45) is 0 Å². The Balaban J connectivity index is 2.14. The fourth-order valence-electron chi connectivity index (χ4n) is 1.96. The summed E-state index contributed by atoms with van der Waals surface area (Å²) in [4.78, 5) is 16.9. The van der Waals surface area contributed by atoms with E-state index in [1.54, 1.807) is 10.8 Å². The highest BCUT2D eigenvalue weighted by atomic mass is 32.1. The second-order valence-corrected chi connectivity index (χ2v) is 4.27. The molecule has 0 radical (unpaired) electrons. The zero-order chi connectivity index (χ0) is 10.8. The molecule has 0 bridgehead atoms. The van der Waals surface area contributed by atoms with Crippen LogP contribution in [-0.4, -0.2) is 33.4 Å². The van der Waals surface area contributed by atoms with Crippen LogP contribution >= 0.6 is 12.2 Å². The lowest BCUT2D eigenvalue weighted by molar-refractivity contribution is -0.133. The summed E-state index contributed by atoms with van der Waals surface area (Å²) in [6, 6.07) is -0.193. The standard InChI is InChI=1S/C10H15N3OS/c1-8(13-7-4-11-10(13)15)9(14)12-5-2-3-6-12/h4,7-8H,2-3,5-6H2,1H3,(H,11,15). The Morgan fingerprint density at radius 3 is 2.73 bits per heavy atom. The molecule has 82 valence electrons. The summed E-state index contributed by atoms with van der Waals surface area (Å²) in [5.74, 6) is 0.170. The number of carbonyl (C=O) groups is 1. The SMILES string of the molecule is CC(C(=O)N1CCCC1)n1cc[nH]c1=S. The molecule has 1 fully saturated rings. The minimum Gasteiger partial charge on any atom is -0.341 e. The molecule has 1 N–H and O–H groups in total. The van der Waals surface area contributed by atoms with Crippen LogP contribution in [0.25, 0.3) is 0 Å². The number of amides is 1. The zero-order valence-corrected chi connectivity index (χ0v) is 9.59. The third kappa shape index (κ3) is 1.97. The highest BCUT2D eigenvalue weighted by Crippen LogP contribution is 2.15. The predicted molar refractivity (Wildman–Crippen MR) is 60.1 cm³/mol. The van der Waals surface area contributed by atoms with Crippen LogP contribution in [0.3, 0.4) is 0 Å². The van der Waals surface area contributed by atoms with Crippen molar-refractivity contribution < 1.29 is 4.79 Å². The highest BCUT2D eigenvalue weighted by molar-refractivity contribution is 7.71. The number of imidazole rings is 1. The molecule has 0 aliphatic carbocycles. The summed E-state index contributed by atoms with van der Waals surface area (Å²) < 4.78 is 2.41. The number of hydrogen-bond donors (Lipinski definition) is 1. The number of carbonyl (C=O) groups excluding carboxylic acids is 1. The van der Waals surface area contributed by atoms with Gasteiger partial charge in [-0.1, -0.05) is 0 Å². The van der Waals surface area contributed by atoms with Crippen molar-refractivity contribution in [3.8, 4) is 0 Å². The van der Waals surface area contributed by atoms with E-state index in [2.05, 4.69) is 4.98 Å². The molecule has 2 heterocycles. The first-order valence-electron chi connectivity index (χ1n) is 5.24. The van der Waals surface area contributed by atoms with Crippen molar-refractivity contribution in [2.75, 3.05) is 13.1 Å². The van der Waals surface area contributed by atoms with E-state index in [1.165, 1.54) is 0 Å². The number of likely N-dealkylation sites (tertiary alicyclic amines) is 1. The van der Waals surface area contributed by atoms with Crippen molar-refractivity contribution in [2.45, 2.75) is 25.8 Å². The molecule has 1 unspecified atom stereocenters. The maximum absolute atomic E-state index is 12.0. The van der Waals surface area contributed by atoms with Gasteiger partial charge in [-0.05, 0) is 32.0 Å². The molecule has 1 aromatic heterocycles. The van der Waals surface area contributed by atoms with Gasteiger partial charge in [0.1, 0.15) is 6.04 Å². The van der Waals surface area contributed by atoms with Gasteiger partial charge in [-0.15, -0.1) is 0 Å². The molecule has 1 aliphatic rings. The van der Waals surface area contributed by atoms with E-state index in [0.29, 0.717) is 4.77 Å². The Bertz CT molecular complexity index is 403.